The second kappa shape index (κ2) is 5.03. The molecule has 3 rings (SSSR count). The highest BCUT2D eigenvalue weighted by Gasteiger charge is 2.40. The SMILES string of the molecule is C1CC(CNC2CCOC2C2CC2)CCN1. The first-order chi connectivity index (χ1) is 7.93. The van der Waals surface area contributed by atoms with Gasteiger partial charge < -0.3 is 15.4 Å². The highest BCUT2D eigenvalue weighted by molar-refractivity contribution is 4.93. The van der Waals surface area contributed by atoms with E-state index in [1.807, 2.05) is 0 Å². The number of rotatable bonds is 4. The Morgan fingerprint density at radius 2 is 1.88 bits per heavy atom. The van der Waals surface area contributed by atoms with Gasteiger partial charge in [-0.15, -0.1) is 0 Å². The predicted molar refractivity (Wildman–Crippen MR) is 64.5 cm³/mol. The van der Waals surface area contributed by atoms with Crippen LogP contribution in [-0.2, 0) is 4.74 Å². The van der Waals surface area contributed by atoms with E-state index in [-0.39, 0.29) is 0 Å². The van der Waals surface area contributed by atoms with Crippen molar-refractivity contribution in [3.8, 4) is 0 Å². The average Bonchev–Trinajstić information content (AvgIpc) is 3.07. The molecule has 3 heteroatoms. The fourth-order valence-corrected chi connectivity index (χ4v) is 3.12. The molecule has 2 atom stereocenters. The lowest BCUT2D eigenvalue weighted by molar-refractivity contribution is 0.0800. The highest BCUT2D eigenvalue weighted by Crippen LogP contribution is 2.38. The van der Waals surface area contributed by atoms with Crippen LogP contribution in [0.3, 0.4) is 0 Å². The lowest BCUT2D eigenvalue weighted by Crippen LogP contribution is -2.42. The van der Waals surface area contributed by atoms with Gasteiger partial charge in [-0.25, -0.2) is 0 Å². The molecule has 92 valence electrons. The predicted octanol–water partition coefficient (Wildman–Crippen LogP) is 1.14. The van der Waals surface area contributed by atoms with Crippen LogP contribution in [0.4, 0.5) is 0 Å². The molecule has 0 aromatic rings. The third kappa shape index (κ3) is 2.58. The fraction of sp³-hybridized carbons (Fsp3) is 1.00. The molecule has 2 heterocycles. The van der Waals surface area contributed by atoms with E-state index in [1.165, 1.54) is 51.7 Å². The summed E-state index contributed by atoms with van der Waals surface area (Å²) in [6, 6.07) is 0.655. The van der Waals surface area contributed by atoms with Crippen LogP contribution in [0.5, 0.6) is 0 Å². The number of nitrogens with one attached hydrogen (secondary N) is 2. The van der Waals surface area contributed by atoms with Gasteiger partial charge in [-0.2, -0.15) is 0 Å². The molecule has 1 saturated carbocycles. The minimum atomic E-state index is 0.543. The van der Waals surface area contributed by atoms with E-state index < -0.39 is 0 Å². The van der Waals surface area contributed by atoms with Gasteiger partial charge in [0.2, 0.25) is 0 Å². The van der Waals surface area contributed by atoms with E-state index in [4.69, 9.17) is 4.74 Å². The molecule has 3 aliphatic rings. The summed E-state index contributed by atoms with van der Waals surface area (Å²) < 4.78 is 5.85. The highest BCUT2D eigenvalue weighted by atomic mass is 16.5. The van der Waals surface area contributed by atoms with Crippen molar-refractivity contribution in [2.75, 3.05) is 26.2 Å². The molecule has 0 aromatic carbocycles. The molecular formula is C13H24N2O. The zero-order valence-electron chi connectivity index (χ0n) is 10.1. The summed E-state index contributed by atoms with van der Waals surface area (Å²) in [5.74, 6) is 1.77. The number of piperidine rings is 1. The number of hydrogen-bond donors (Lipinski definition) is 2. The Hall–Kier alpha value is -0.120. The number of ether oxygens (including phenoxy) is 1. The van der Waals surface area contributed by atoms with E-state index in [0.29, 0.717) is 12.1 Å². The van der Waals surface area contributed by atoms with Crippen molar-refractivity contribution in [2.45, 2.75) is 44.2 Å². The summed E-state index contributed by atoms with van der Waals surface area (Å²) in [5.41, 5.74) is 0. The first-order valence-corrected chi connectivity index (χ1v) is 6.99. The van der Waals surface area contributed by atoms with Gasteiger partial charge in [-0.05, 0) is 63.6 Å². The topological polar surface area (TPSA) is 33.3 Å². The third-order valence-corrected chi connectivity index (χ3v) is 4.35. The Labute approximate surface area is 98.3 Å². The molecule has 1 aliphatic carbocycles. The lowest BCUT2D eigenvalue weighted by atomic mass is 9.97. The van der Waals surface area contributed by atoms with Crippen LogP contribution >= 0.6 is 0 Å². The van der Waals surface area contributed by atoms with E-state index in [2.05, 4.69) is 10.6 Å². The maximum atomic E-state index is 5.85. The first-order valence-electron chi connectivity index (χ1n) is 6.99. The summed E-state index contributed by atoms with van der Waals surface area (Å²) >= 11 is 0. The Morgan fingerprint density at radius 3 is 2.62 bits per heavy atom. The van der Waals surface area contributed by atoms with E-state index in [9.17, 15) is 0 Å². The Morgan fingerprint density at radius 1 is 1.06 bits per heavy atom. The normalized spacial score (nSPS) is 36.8. The van der Waals surface area contributed by atoms with E-state index in [1.54, 1.807) is 0 Å². The van der Waals surface area contributed by atoms with Crippen LogP contribution in [0, 0.1) is 11.8 Å². The molecule has 2 aliphatic heterocycles. The molecule has 16 heavy (non-hydrogen) atoms. The van der Waals surface area contributed by atoms with Gasteiger partial charge in [-0.1, -0.05) is 0 Å². The molecule has 0 spiro atoms. The van der Waals surface area contributed by atoms with Crippen LogP contribution in [0.2, 0.25) is 0 Å². The quantitative estimate of drug-likeness (QED) is 0.751. The second-order valence-corrected chi connectivity index (χ2v) is 5.67. The van der Waals surface area contributed by atoms with Crippen molar-refractivity contribution in [3.05, 3.63) is 0 Å². The van der Waals surface area contributed by atoms with Crippen LogP contribution in [0.25, 0.3) is 0 Å². The molecule has 3 fully saturated rings. The van der Waals surface area contributed by atoms with E-state index >= 15 is 0 Å². The molecule has 0 bridgehead atoms. The van der Waals surface area contributed by atoms with Gasteiger partial charge in [0.25, 0.3) is 0 Å². The molecule has 3 nitrogen and oxygen atoms in total. The Balaban J connectivity index is 1.42. The minimum absolute atomic E-state index is 0.543. The Bertz CT molecular complexity index is 224. The van der Waals surface area contributed by atoms with Crippen LogP contribution in [0.1, 0.15) is 32.1 Å². The van der Waals surface area contributed by atoms with Gasteiger partial charge in [0.05, 0.1) is 6.10 Å². The van der Waals surface area contributed by atoms with Crippen molar-refractivity contribution in [1.29, 1.82) is 0 Å². The van der Waals surface area contributed by atoms with Gasteiger partial charge in [0, 0.05) is 12.6 Å². The van der Waals surface area contributed by atoms with Crippen molar-refractivity contribution in [3.63, 3.8) is 0 Å². The van der Waals surface area contributed by atoms with Crippen LogP contribution in [0.15, 0.2) is 0 Å². The maximum Gasteiger partial charge on any atom is 0.0756 e. The molecule has 0 radical (unpaired) electrons. The minimum Gasteiger partial charge on any atom is -0.376 e. The standard InChI is InChI=1S/C13H24N2O/c1-2-11(1)13-12(5-8-16-13)15-9-10-3-6-14-7-4-10/h10-15H,1-9H2. The van der Waals surface area contributed by atoms with Gasteiger partial charge in [0.15, 0.2) is 0 Å². The smallest absolute Gasteiger partial charge is 0.0756 e. The van der Waals surface area contributed by atoms with Crippen molar-refractivity contribution < 1.29 is 4.74 Å². The van der Waals surface area contributed by atoms with Crippen molar-refractivity contribution >= 4 is 0 Å². The summed E-state index contributed by atoms with van der Waals surface area (Å²) in [7, 11) is 0. The zero-order chi connectivity index (χ0) is 10.8. The monoisotopic (exact) mass is 224 g/mol. The summed E-state index contributed by atoms with van der Waals surface area (Å²) in [6.45, 7) is 4.60. The van der Waals surface area contributed by atoms with Crippen molar-refractivity contribution in [1.82, 2.24) is 10.6 Å². The largest absolute Gasteiger partial charge is 0.376 e. The molecule has 0 aromatic heterocycles. The second-order valence-electron chi connectivity index (χ2n) is 5.67. The summed E-state index contributed by atoms with van der Waals surface area (Å²) in [6.07, 6.45) is 7.25. The van der Waals surface area contributed by atoms with Gasteiger partial charge in [-0.3, -0.25) is 0 Å². The average molecular weight is 224 g/mol. The van der Waals surface area contributed by atoms with E-state index in [0.717, 1.165) is 18.4 Å². The third-order valence-electron chi connectivity index (χ3n) is 4.35. The summed E-state index contributed by atoms with van der Waals surface area (Å²) in [5, 5.41) is 7.20. The molecule has 2 N–H and O–H groups in total. The molecule has 2 unspecified atom stereocenters. The zero-order valence-corrected chi connectivity index (χ0v) is 10.1. The molecular weight excluding hydrogens is 200 g/mol. The van der Waals surface area contributed by atoms with Gasteiger partial charge >= 0.3 is 0 Å². The fourth-order valence-electron chi connectivity index (χ4n) is 3.12. The lowest BCUT2D eigenvalue weighted by Gasteiger charge is -2.26. The Kier molecular flexibility index (Phi) is 3.46. The summed E-state index contributed by atoms with van der Waals surface area (Å²) in [4.78, 5) is 0. The first kappa shape index (κ1) is 11.0. The molecule has 0 amide bonds. The van der Waals surface area contributed by atoms with Crippen LogP contribution < -0.4 is 10.6 Å². The molecule has 2 saturated heterocycles. The van der Waals surface area contributed by atoms with Gasteiger partial charge in [0.1, 0.15) is 0 Å². The van der Waals surface area contributed by atoms with Crippen molar-refractivity contribution in [2.24, 2.45) is 11.8 Å². The maximum absolute atomic E-state index is 5.85. The number of hydrogen-bond acceptors (Lipinski definition) is 3. The van der Waals surface area contributed by atoms with Crippen LogP contribution in [-0.4, -0.2) is 38.4 Å².